The van der Waals surface area contributed by atoms with Gasteiger partial charge in [-0.25, -0.2) is 4.98 Å². The first kappa shape index (κ1) is 18.4. The smallest absolute Gasteiger partial charge is 0.269 e. The van der Waals surface area contributed by atoms with Crippen LogP contribution < -0.4 is 20.3 Å². The van der Waals surface area contributed by atoms with E-state index in [4.69, 9.17) is 9.47 Å². The van der Waals surface area contributed by atoms with E-state index in [0.717, 1.165) is 10.2 Å². The van der Waals surface area contributed by atoms with Crippen molar-refractivity contribution in [2.45, 2.75) is 0 Å². The van der Waals surface area contributed by atoms with Gasteiger partial charge < -0.3 is 9.47 Å². The van der Waals surface area contributed by atoms with E-state index in [1.165, 1.54) is 31.6 Å². The Morgan fingerprint density at radius 1 is 1.04 bits per heavy atom. The van der Waals surface area contributed by atoms with Gasteiger partial charge in [-0.1, -0.05) is 12.1 Å². The summed E-state index contributed by atoms with van der Waals surface area (Å²) in [6, 6.07) is 12.5. The van der Waals surface area contributed by atoms with Gasteiger partial charge in [-0.2, -0.15) is 0 Å². The van der Waals surface area contributed by atoms with Crippen LogP contribution in [-0.4, -0.2) is 31.0 Å². The minimum absolute atomic E-state index is 0.293. The van der Waals surface area contributed by atoms with E-state index in [0.29, 0.717) is 22.1 Å². The SMILES string of the molecule is COc1cc(OC)cc(C(=O)NNC(=O)/C=C/c2nc3ccccc3s2)c1. The fourth-order valence-corrected chi connectivity index (χ4v) is 3.15. The maximum Gasteiger partial charge on any atom is 0.269 e. The largest absolute Gasteiger partial charge is 0.497 e. The topological polar surface area (TPSA) is 89.5 Å². The third-order valence-corrected chi connectivity index (χ3v) is 4.60. The van der Waals surface area contributed by atoms with E-state index in [1.807, 2.05) is 24.3 Å². The van der Waals surface area contributed by atoms with Crippen molar-refractivity contribution in [3.63, 3.8) is 0 Å². The Labute approximate surface area is 159 Å². The highest BCUT2D eigenvalue weighted by molar-refractivity contribution is 7.19. The molecule has 138 valence electrons. The molecule has 0 saturated carbocycles. The number of fused-ring (bicyclic) bond motifs is 1. The van der Waals surface area contributed by atoms with Crippen LogP contribution in [0.4, 0.5) is 0 Å². The lowest BCUT2D eigenvalue weighted by molar-refractivity contribution is -0.117. The minimum Gasteiger partial charge on any atom is -0.497 e. The number of methoxy groups -OCH3 is 2. The summed E-state index contributed by atoms with van der Waals surface area (Å²) in [5, 5.41) is 0.704. The molecule has 0 aliphatic heterocycles. The van der Waals surface area contributed by atoms with Crippen LogP contribution >= 0.6 is 11.3 Å². The number of hydrogen-bond acceptors (Lipinski definition) is 6. The monoisotopic (exact) mass is 383 g/mol. The number of benzene rings is 2. The summed E-state index contributed by atoms with van der Waals surface area (Å²) in [7, 11) is 2.98. The highest BCUT2D eigenvalue weighted by Gasteiger charge is 2.10. The molecule has 0 bridgehead atoms. The summed E-state index contributed by atoms with van der Waals surface area (Å²) < 4.78 is 11.3. The van der Waals surface area contributed by atoms with Crippen molar-refractivity contribution in [2.24, 2.45) is 0 Å². The van der Waals surface area contributed by atoms with Crippen LogP contribution in [0, 0.1) is 0 Å². The van der Waals surface area contributed by atoms with Crippen molar-refractivity contribution >= 4 is 39.4 Å². The van der Waals surface area contributed by atoms with Crippen molar-refractivity contribution in [3.05, 3.63) is 59.1 Å². The predicted molar refractivity (Wildman–Crippen MR) is 104 cm³/mol. The lowest BCUT2D eigenvalue weighted by atomic mass is 10.2. The fraction of sp³-hybridized carbons (Fsp3) is 0.105. The van der Waals surface area contributed by atoms with Crippen molar-refractivity contribution in [2.75, 3.05) is 14.2 Å². The number of ether oxygens (including phenoxy) is 2. The number of hydrazine groups is 1. The number of hydrogen-bond donors (Lipinski definition) is 2. The number of carbonyl (C=O) groups is 2. The number of amides is 2. The highest BCUT2D eigenvalue weighted by atomic mass is 32.1. The van der Waals surface area contributed by atoms with E-state index in [2.05, 4.69) is 15.8 Å². The minimum atomic E-state index is -0.492. The van der Waals surface area contributed by atoms with Crippen LogP contribution in [-0.2, 0) is 4.79 Å². The van der Waals surface area contributed by atoms with Gasteiger partial charge in [0.15, 0.2) is 0 Å². The molecule has 2 aromatic carbocycles. The molecule has 0 fully saturated rings. The van der Waals surface area contributed by atoms with Crippen molar-refractivity contribution in [1.29, 1.82) is 0 Å². The van der Waals surface area contributed by atoms with Gasteiger partial charge in [0.2, 0.25) is 0 Å². The molecule has 3 rings (SSSR count). The average molecular weight is 383 g/mol. The summed E-state index contributed by atoms with van der Waals surface area (Å²) in [4.78, 5) is 28.5. The third-order valence-electron chi connectivity index (χ3n) is 3.60. The first-order chi connectivity index (χ1) is 13.1. The summed E-state index contributed by atoms with van der Waals surface area (Å²) in [5.41, 5.74) is 5.85. The van der Waals surface area contributed by atoms with Crippen LogP contribution in [0.2, 0.25) is 0 Å². The molecule has 2 N–H and O–H groups in total. The number of thiazole rings is 1. The van der Waals surface area contributed by atoms with Crippen LogP contribution in [0.25, 0.3) is 16.3 Å². The van der Waals surface area contributed by atoms with Crippen LogP contribution in [0.15, 0.2) is 48.5 Å². The second-order valence-electron chi connectivity index (χ2n) is 5.40. The third kappa shape index (κ3) is 4.62. The highest BCUT2D eigenvalue weighted by Crippen LogP contribution is 2.23. The zero-order valence-corrected chi connectivity index (χ0v) is 15.5. The van der Waals surface area contributed by atoms with Crippen LogP contribution in [0.1, 0.15) is 15.4 Å². The van der Waals surface area contributed by atoms with E-state index in [9.17, 15) is 9.59 Å². The van der Waals surface area contributed by atoms with Crippen molar-refractivity contribution in [3.8, 4) is 11.5 Å². The Hall–Kier alpha value is -3.39. The molecular formula is C19H17N3O4S. The summed E-state index contributed by atoms with van der Waals surface area (Å²) in [6.45, 7) is 0. The Morgan fingerprint density at radius 3 is 2.41 bits per heavy atom. The molecule has 0 aliphatic rings. The van der Waals surface area contributed by atoms with Gasteiger partial charge in [0.1, 0.15) is 16.5 Å². The lowest BCUT2D eigenvalue weighted by Gasteiger charge is -2.09. The quantitative estimate of drug-likeness (QED) is 0.522. The normalized spacial score (nSPS) is 10.7. The molecule has 0 atom stereocenters. The van der Waals surface area contributed by atoms with Gasteiger partial charge >= 0.3 is 0 Å². The molecule has 1 heterocycles. The fourth-order valence-electron chi connectivity index (χ4n) is 2.28. The summed E-state index contributed by atoms with van der Waals surface area (Å²) in [5.74, 6) is -0.0190. The van der Waals surface area contributed by atoms with Crippen molar-refractivity contribution < 1.29 is 19.1 Å². The number of aromatic nitrogens is 1. The molecule has 3 aromatic rings. The van der Waals surface area contributed by atoms with E-state index in [1.54, 1.807) is 24.3 Å². The molecular weight excluding hydrogens is 366 g/mol. The number of nitrogens with one attached hydrogen (secondary N) is 2. The molecule has 0 radical (unpaired) electrons. The van der Waals surface area contributed by atoms with Crippen molar-refractivity contribution in [1.82, 2.24) is 15.8 Å². The Balaban J connectivity index is 1.60. The van der Waals surface area contributed by atoms with Gasteiger partial charge in [-0.3, -0.25) is 20.4 Å². The maximum absolute atomic E-state index is 12.2. The lowest BCUT2D eigenvalue weighted by Crippen LogP contribution is -2.40. The molecule has 0 saturated heterocycles. The van der Waals surface area contributed by atoms with E-state index < -0.39 is 11.8 Å². The molecule has 0 aliphatic carbocycles. The number of para-hydroxylation sites is 1. The number of nitrogens with zero attached hydrogens (tertiary/aromatic N) is 1. The molecule has 0 unspecified atom stereocenters. The molecule has 2 amide bonds. The number of carbonyl (C=O) groups excluding carboxylic acids is 2. The first-order valence-electron chi connectivity index (χ1n) is 7.96. The molecule has 0 spiro atoms. The second kappa shape index (κ2) is 8.33. The molecule has 27 heavy (non-hydrogen) atoms. The van der Waals surface area contributed by atoms with E-state index in [-0.39, 0.29) is 0 Å². The van der Waals surface area contributed by atoms with Gasteiger partial charge in [0, 0.05) is 17.7 Å². The van der Waals surface area contributed by atoms with Crippen LogP contribution in [0.3, 0.4) is 0 Å². The Morgan fingerprint density at radius 2 is 1.74 bits per heavy atom. The zero-order chi connectivity index (χ0) is 19.2. The van der Waals surface area contributed by atoms with Crippen LogP contribution in [0.5, 0.6) is 11.5 Å². The zero-order valence-electron chi connectivity index (χ0n) is 14.7. The van der Waals surface area contributed by atoms with Gasteiger partial charge in [-0.05, 0) is 30.3 Å². The molecule has 1 aromatic heterocycles. The van der Waals surface area contributed by atoms with Gasteiger partial charge in [-0.15, -0.1) is 11.3 Å². The Bertz CT molecular complexity index is 958. The second-order valence-corrected chi connectivity index (χ2v) is 6.46. The van der Waals surface area contributed by atoms with Gasteiger partial charge in [0.05, 0.1) is 24.4 Å². The number of rotatable bonds is 5. The summed E-state index contributed by atoms with van der Waals surface area (Å²) in [6.07, 6.45) is 2.91. The van der Waals surface area contributed by atoms with Gasteiger partial charge in [0.25, 0.3) is 11.8 Å². The molecule has 7 nitrogen and oxygen atoms in total. The Kier molecular flexibility index (Phi) is 5.68. The molecule has 8 heteroatoms. The van der Waals surface area contributed by atoms with E-state index >= 15 is 0 Å². The maximum atomic E-state index is 12.2. The first-order valence-corrected chi connectivity index (χ1v) is 8.78. The predicted octanol–water partition coefficient (Wildman–Crippen LogP) is 2.79. The average Bonchev–Trinajstić information content (AvgIpc) is 3.13. The standard InChI is InChI=1S/C19H17N3O4S/c1-25-13-9-12(10-14(11-13)26-2)19(24)22-21-17(23)7-8-18-20-15-5-3-4-6-16(15)27-18/h3-11H,1-2H3,(H,21,23)(H,22,24)/b8-7+. The summed E-state index contributed by atoms with van der Waals surface area (Å²) >= 11 is 1.48.